The number of ether oxygens (including phenoxy) is 2. The number of hydrogen-bond donors (Lipinski definition) is 0. The lowest BCUT2D eigenvalue weighted by Gasteiger charge is -2.20. The molecule has 0 saturated carbocycles. The van der Waals surface area contributed by atoms with Crippen molar-refractivity contribution >= 4 is 0 Å². The second-order valence-corrected chi connectivity index (χ2v) is 3.30. The standard InChI is InChI=1S/C13H16O2/c1-4-12(13(14-2)15-3)10-11-8-6-5-7-9-11/h1,5-9,12-13H,10H2,2-3H3/t12-/m1/s1. The first-order valence-electron chi connectivity index (χ1n) is 4.87. The third kappa shape index (κ3) is 3.39. The SMILES string of the molecule is C#C[C@H](Cc1ccccc1)C(OC)OC. The van der Waals surface area contributed by atoms with Gasteiger partial charge in [0.2, 0.25) is 0 Å². The van der Waals surface area contributed by atoms with Crippen molar-refractivity contribution in [2.45, 2.75) is 12.7 Å². The molecule has 0 aromatic heterocycles. The molecule has 0 aliphatic carbocycles. The van der Waals surface area contributed by atoms with Crippen LogP contribution in [0.2, 0.25) is 0 Å². The predicted molar refractivity (Wildman–Crippen MR) is 60.3 cm³/mol. The Hall–Kier alpha value is -1.30. The van der Waals surface area contributed by atoms with Crippen LogP contribution < -0.4 is 0 Å². The van der Waals surface area contributed by atoms with E-state index >= 15 is 0 Å². The first-order chi connectivity index (χ1) is 7.31. The molecule has 15 heavy (non-hydrogen) atoms. The molecule has 2 nitrogen and oxygen atoms in total. The Morgan fingerprint density at radius 1 is 1.20 bits per heavy atom. The Morgan fingerprint density at radius 2 is 1.80 bits per heavy atom. The number of benzene rings is 1. The lowest BCUT2D eigenvalue weighted by atomic mass is 9.99. The van der Waals surface area contributed by atoms with Gasteiger partial charge in [-0.1, -0.05) is 36.3 Å². The molecule has 0 amide bonds. The van der Waals surface area contributed by atoms with Crippen molar-refractivity contribution in [2.24, 2.45) is 5.92 Å². The summed E-state index contributed by atoms with van der Waals surface area (Å²) >= 11 is 0. The second-order valence-electron chi connectivity index (χ2n) is 3.30. The van der Waals surface area contributed by atoms with Crippen LogP contribution in [0.5, 0.6) is 0 Å². The summed E-state index contributed by atoms with van der Waals surface area (Å²) in [5, 5.41) is 0. The van der Waals surface area contributed by atoms with Crippen LogP contribution in [0, 0.1) is 18.3 Å². The van der Waals surface area contributed by atoms with E-state index in [9.17, 15) is 0 Å². The van der Waals surface area contributed by atoms with Crippen LogP contribution in [-0.4, -0.2) is 20.5 Å². The average Bonchev–Trinajstić information content (AvgIpc) is 2.30. The third-order valence-corrected chi connectivity index (χ3v) is 2.31. The predicted octanol–water partition coefficient (Wildman–Crippen LogP) is 2.10. The third-order valence-electron chi connectivity index (χ3n) is 2.31. The van der Waals surface area contributed by atoms with E-state index in [2.05, 4.69) is 5.92 Å². The van der Waals surface area contributed by atoms with Crippen molar-refractivity contribution in [3.8, 4) is 12.3 Å². The van der Waals surface area contributed by atoms with Crippen LogP contribution in [0.15, 0.2) is 30.3 Å². The highest BCUT2D eigenvalue weighted by Crippen LogP contribution is 2.14. The number of terminal acetylenes is 1. The van der Waals surface area contributed by atoms with Gasteiger partial charge in [-0.15, -0.1) is 6.42 Å². The summed E-state index contributed by atoms with van der Waals surface area (Å²) in [6, 6.07) is 10.1. The highest BCUT2D eigenvalue weighted by atomic mass is 16.7. The number of rotatable bonds is 5. The molecule has 0 fully saturated rings. The summed E-state index contributed by atoms with van der Waals surface area (Å²) in [7, 11) is 3.20. The van der Waals surface area contributed by atoms with Crippen LogP contribution in [0.25, 0.3) is 0 Å². The van der Waals surface area contributed by atoms with Gasteiger partial charge in [0, 0.05) is 14.2 Å². The van der Waals surface area contributed by atoms with Gasteiger partial charge in [-0.25, -0.2) is 0 Å². The van der Waals surface area contributed by atoms with E-state index in [4.69, 9.17) is 15.9 Å². The minimum atomic E-state index is -0.338. The lowest BCUT2D eigenvalue weighted by molar-refractivity contribution is -0.124. The normalized spacial score (nSPS) is 12.4. The molecule has 0 bridgehead atoms. The molecule has 2 heteroatoms. The largest absolute Gasteiger partial charge is 0.355 e. The molecule has 0 aliphatic heterocycles. The van der Waals surface area contributed by atoms with Crippen molar-refractivity contribution in [1.82, 2.24) is 0 Å². The maximum atomic E-state index is 5.46. The fourth-order valence-electron chi connectivity index (χ4n) is 1.53. The smallest absolute Gasteiger partial charge is 0.170 e. The van der Waals surface area contributed by atoms with E-state index in [-0.39, 0.29) is 12.2 Å². The first-order valence-corrected chi connectivity index (χ1v) is 4.87. The zero-order valence-corrected chi connectivity index (χ0v) is 9.14. The van der Waals surface area contributed by atoms with Gasteiger partial charge < -0.3 is 9.47 Å². The highest BCUT2D eigenvalue weighted by molar-refractivity contribution is 5.17. The van der Waals surface area contributed by atoms with Crippen LogP contribution in [0.4, 0.5) is 0 Å². The molecule has 0 unspecified atom stereocenters. The van der Waals surface area contributed by atoms with Crippen molar-refractivity contribution in [3.63, 3.8) is 0 Å². The minimum Gasteiger partial charge on any atom is -0.355 e. The molecule has 0 saturated heterocycles. The molecule has 1 aromatic rings. The van der Waals surface area contributed by atoms with Crippen molar-refractivity contribution in [3.05, 3.63) is 35.9 Å². The maximum absolute atomic E-state index is 5.46. The van der Waals surface area contributed by atoms with Gasteiger partial charge in [0.1, 0.15) is 0 Å². The molecule has 0 radical (unpaired) electrons. The zero-order valence-electron chi connectivity index (χ0n) is 9.14. The van der Waals surface area contributed by atoms with Crippen LogP contribution >= 0.6 is 0 Å². The Kier molecular flexibility index (Phi) is 4.89. The van der Waals surface area contributed by atoms with Crippen molar-refractivity contribution < 1.29 is 9.47 Å². The summed E-state index contributed by atoms with van der Waals surface area (Å²) in [5.41, 5.74) is 1.19. The van der Waals surface area contributed by atoms with Crippen LogP contribution in [-0.2, 0) is 15.9 Å². The molecule has 0 spiro atoms. The molecule has 1 atom stereocenters. The zero-order chi connectivity index (χ0) is 11.1. The molecule has 0 aliphatic rings. The fourth-order valence-corrected chi connectivity index (χ4v) is 1.53. The second kappa shape index (κ2) is 6.23. The van der Waals surface area contributed by atoms with Gasteiger partial charge in [0.05, 0.1) is 5.92 Å². The molecular weight excluding hydrogens is 188 g/mol. The van der Waals surface area contributed by atoms with E-state index in [1.807, 2.05) is 30.3 Å². The quantitative estimate of drug-likeness (QED) is 0.540. The molecule has 1 aromatic carbocycles. The summed E-state index contributed by atoms with van der Waals surface area (Å²) in [5.74, 6) is 2.65. The lowest BCUT2D eigenvalue weighted by Crippen LogP contribution is -2.25. The Labute approximate surface area is 91.2 Å². The van der Waals surface area contributed by atoms with E-state index in [0.29, 0.717) is 0 Å². The maximum Gasteiger partial charge on any atom is 0.170 e. The molecule has 1 rings (SSSR count). The highest BCUT2D eigenvalue weighted by Gasteiger charge is 2.18. The van der Waals surface area contributed by atoms with Gasteiger partial charge >= 0.3 is 0 Å². The minimum absolute atomic E-state index is 0.0533. The average molecular weight is 204 g/mol. The van der Waals surface area contributed by atoms with Crippen LogP contribution in [0.3, 0.4) is 0 Å². The van der Waals surface area contributed by atoms with Gasteiger partial charge in [-0.3, -0.25) is 0 Å². The monoisotopic (exact) mass is 204 g/mol. The summed E-state index contributed by atoms with van der Waals surface area (Å²) in [6.45, 7) is 0. The van der Waals surface area contributed by atoms with Gasteiger partial charge in [-0.2, -0.15) is 0 Å². The van der Waals surface area contributed by atoms with E-state index in [1.165, 1.54) is 5.56 Å². The number of hydrogen-bond acceptors (Lipinski definition) is 2. The van der Waals surface area contributed by atoms with Gasteiger partial charge in [0.15, 0.2) is 6.29 Å². The first kappa shape index (κ1) is 11.8. The molecule has 80 valence electrons. The summed E-state index contributed by atoms with van der Waals surface area (Å²) in [4.78, 5) is 0. The van der Waals surface area contributed by atoms with E-state index in [0.717, 1.165) is 6.42 Å². The van der Waals surface area contributed by atoms with E-state index in [1.54, 1.807) is 14.2 Å². The summed E-state index contributed by atoms with van der Waals surface area (Å²) < 4.78 is 10.3. The van der Waals surface area contributed by atoms with Gasteiger partial charge in [0.25, 0.3) is 0 Å². The Balaban J connectivity index is 2.66. The Morgan fingerprint density at radius 3 is 2.27 bits per heavy atom. The van der Waals surface area contributed by atoms with Crippen molar-refractivity contribution in [1.29, 1.82) is 0 Å². The summed E-state index contributed by atoms with van der Waals surface area (Å²) in [6.07, 6.45) is 5.89. The molecular formula is C13H16O2. The van der Waals surface area contributed by atoms with Crippen LogP contribution in [0.1, 0.15) is 5.56 Å². The van der Waals surface area contributed by atoms with Crippen molar-refractivity contribution in [2.75, 3.05) is 14.2 Å². The van der Waals surface area contributed by atoms with E-state index < -0.39 is 0 Å². The van der Waals surface area contributed by atoms with Gasteiger partial charge in [-0.05, 0) is 12.0 Å². The topological polar surface area (TPSA) is 18.5 Å². The fraction of sp³-hybridized carbons (Fsp3) is 0.385. The Bertz CT molecular complexity index is 309. The number of methoxy groups -OCH3 is 2. The molecule has 0 heterocycles. The molecule has 0 N–H and O–H groups in total.